The molecule has 0 radical (unpaired) electrons. The number of pyridine rings is 1. The number of likely N-dealkylation sites (tertiary alicyclic amines) is 1. The maximum Gasteiger partial charge on any atom is 0.320 e. The van der Waals surface area contributed by atoms with E-state index in [-0.39, 0.29) is 23.6 Å². The highest BCUT2D eigenvalue weighted by Gasteiger charge is 2.30. The zero-order chi connectivity index (χ0) is 37.7. The van der Waals surface area contributed by atoms with E-state index >= 15 is 0 Å². The first-order valence-corrected chi connectivity index (χ1v) is 19.6. The molecule has 4 heterocycles. The quantitative estimate of drug-likeness (QED) is 0.113. The third-order valence-electron chi connectivity index (χ3n) is 10.8. The average molecular weight is 734 g/mol. The van der Waals surface area contributed by atoms with Crippen molar-refractivity contribution in [2.24, 2.45) is 16.1 Å². The van der Waals surface area contributed by atoms with Crippen molar-refractivity contribution in [3.05, 3.63) is 89.8 Å². The van der Waals surface area contributed by atoms with Crippen molar-refractivity contribution in [2.45, 2.75) is 90.8 Å². The van der Waals surface area contributed by atoms with Crippen LogP contribution in [0.5, 0.6) is 11.5 Å². The van der Waals surface area contributed by atoms with Gasteiger partial charge in [0.1, 0.15) is 30.0 Å². The molecule has 2 aromatic heterocycles. The molecule has 0 bridgehead atoms. The van der Waals surface area contributed by atoms with Gasteiger partial charge in [0.05, 0.1) is 17.9 Å². The summed E-state index contributed by atoms with van der Waals surface area (Å²) in [6, 6.07) is 19.6. The number of rotatable bonds is 10. The fourth-order valence-corrected chi connectivity index (χ4v) is 7.56. The summed E-state index contributed by atoms with van der Waals surface area (Å²) < 4.78 is 14.8. The summed E-state index contributed by atoms with van der Waals surface area (Å²) >= 11 is 0. The Kier molecular flexibility index (Phi) is 11.4. The van der Waals surface area contributed by atoms with Crippen LogP contribution < -0.4 is 30.7 Å². The van der Waals surface area contributed by atoms with Gasteiger partial charge in [0.25, 0.3) is 0 Å². The number of urea groups is 1. The highest BCUT2D eigenvalue weighted by atomic mass is 16.5. The van der Waals surface area contributed by atoms with Crippen molar-refractivity contribution in [2.75, 3.05) is 37.7 Å². The number of carbonyl (C=O) groups is 1. The fraction of sp³-hybridized carbons (Fsp3) is 0.476. The molecule has 2 amide bonds. The molecule has 3 aliphatic rings. The molecule has 7 rings (SSSR count). The normalized spacial score (nSPS) is 21.2. The molecule has 3 unspecified atom stereocenters. The SMILES string of the molecule is CC1CCCCN1c1nnc2ccc(OC3CCC(NC(=O)NC(C=C(N)C(C)(C)C)=Nc4cccc(OCCN5CCCC5)c4)c4ccccc43)cn12. The number of nitrogens with two attached hydrogens (primary N) is 1. The summed E-state index contributed by atoms with van der Waals surface area (Å²) in [6.45, 7) is 13.1. The molecule has 54 heavy (non-hydrogen) atoms. The minimum atomic E-state index is -0.360. The van der Waals surface area contributed by atoms with Crippen LogP contribution in [-0.4, -0.2) is 70.2 Å². The number of hydrogen-bond acceptors (Lipinski definition) is 9. The molecule has 3 atom stereocenters. The lowest BCUT2D eigenvalue weighted by Gasteiger charge is -2.33. The number of aliphatic imine (C=N–C) groups is 1. The summed E-state index contributed by atoms with van der Waals surface area (Å²) in [4.78, 5) is 23.3. The lowest BCUT2D eigenvalue weighted by Crippen LogP contribution is -2.42. The van der Waals surface area contributed by atoms with E-state index in [1.165, 1.54) is 19.3 Å². The Hall–Kier alpha value is -5.10. The van der Waals surface area contributed by atoms with Crippen molar-refractivity contribution in [1.82, 2.24) is 30.1 Å². The van der Waals surface area contributed by atoms with Crippen molar-refractivity contribution in [3.63, 3.8) is 0 Å². The number of benzene rings is 2. The molecular formula is C42H55N9O3. The van der Waals surface area contributed by atoms with Crippen LogP contribution in [0.2, 0.25) is 0 Å². The molecule has 12 heteroatoms. The first-order valence-electron chi connectivity index (χ1n) is 19.6. The molecule has 4 N–H and O–H groups in total. The van der Waals surface area contributed by atoms with E-state index in [0.29, 0.717) is 36.3 Å². The Morgan fingerprint density at radius 1 is 0.944 bits per heavy atom. The van der Waals surface area contributed by atoms with Gasteiger partial charge in [0.15, 0.2) is 5.65 Å². The van der Waals surface area contributed by atoms with Crippen molar-refractivity contribution < 1.29 is 14.3 Å². The van der Waals surface area contributed by atoms with Gasteiger partial charge in [0, 0.05) is 42.4 Å². The van der Waals surface area contributed by atoms with E-state index < -0.39 is 0 Å². The average Bonchev–Trinajstić information content (AvgIpc) is 3.83. The molecule has 2 aliphatic heterocycles. The Balaban J connectivity index is 1.04. The zero-order valence-electron chi connectivity index (χ0n) is 32.1. The second-order valence-corrected chi connectivity index (χ2v) is 15.8. The van der Waals surface area contributed by atoms with Crippen LogP contribution in [0, 0.1) is 5.41 Å². The lowest BCUT2D eigenvalue weighted by atomic mass is 9.85. The monoisotopic (exact) mass is 733 g/mol. The first kappa shape index (κ1) is 37.2. The summed E-state index contributed by atoms with van der Waals surface area (Å²) in [5, 5.41) is 15.2. The molecule has 12 nitrogen and oxygen atoms in total. The summed E-state index contributed by atoms with van der Waals surface area (Å²) in [5.41, 5.74) is 10.3. The van der Waals surface area contributed by atoms with Gasteiger partial charge >= 0.3 is 6.03 Å². The Morgan fingerprint density at radius 3 is 2.54 bits per heavy atom. The van der Waals surface area contributed by atoms with Gasteiger partial charge in [-0.05, 0) is 100 Å². The summed E-state index contributed by atoms with van der Waals surface area (Å²) in [5.74, 6) is 2.70. The molecule has 2 aromatic carbocycles. The van der Waals surface area contributed by atoms with Gasteiger partial charge in [-0.15, -0.1) is 10.2 Å². The maximum absolute atomic E-state index is 13.7. The molecule has 1 aliphatic carbocycles. The lowest BCUT2D eigenvalue weighted by molar-refractivity contribution is 0.171. The fourth-order valence-electron chi connectivity index (χ4n) is 7.56. The molecular weight excluding hydrogens is 679 g/mol. The van der Waals surface area contributed by atoms with E-state index in [4.69, 9.17) is 20.2 Å². The number of anilines is 1. The molecule has 0 spiro atoms. The predicted octanol–water partition coefficient (Wildman–Crippen LogP) is 7.46. The third kappa shape index (κ3) is 8.98. The minimum Gasteiger partial charge on any atom is -0.492 e. The van der Waals surface area contributed by atoms with E-state index in [1.807, 2.05) is 79.9 Å². The first-order chi connectivity index (χ1) is 26.1. The summed E-state index contributed by atoms with van der Waals surface area (Å²) in [6.07, 6.45) is 11.0. The number of hydrogen-bond donors (Lipinski definition) is 3. The number of carbonyl (C=O) groups excluding carboxylic acids is 1. The van der Waals surface area contributed by atoms with Gasteiger partial charge in [0.2, 0.25) is 5.95 Å². The standard InChI is InChI=1S/C42H55N9O3/c1-29-12-7-8-23-50(29)41-48-47-39-20-17-32(28-51(39)41)54-36-19-18-35(33-15-5-6-16-34(33)36)45-40(52)46-38(27-37(43)42(2,3)4)44-30-13-11-14-31(26-30)53-25-24-49-21-9-10-22-49/h5-6,11,13-17,20,26-29,35-36H,7-10,12,18-19,21-25,43H2,1-4H3,(H2,44,45,46,52). The van der Waals surface area contributed by atoms with Crippen LogP contribution in [0.1, 0.15) is 95.9 Å². The smallest absolute Gasteiger partial charge is 0.320 e. The minimum absolute atomic E-state index is 0.176. The van der Waals surface area contributed by atoms with Crippen LogP contribution >= 0.6 is 0 Å². The molecule has 0 saturated carbocycles. The maximum atomic E-state index is 13.7. The van der Waals surface area contributed by atoms with Gasteiger partial charge in [-0.3, -0.25) is 14.6 Å². The van der Waals surface area contributed by atoms with Gasteiger partial charge in [-0.1, -0.05) is 51.1 Å². The number of aromatic nitrogens is 3. The topological polar surface area (TPSA) is 135 Å². The Labute approximate surface area is 318 Å². The second kappa shape index (κ2) is 16.5. The van der Waals surface area contributed by atoms with Crippen molar-refractivity contribution in [3.8, 4) is 11.5 Å². The zero-order valence-corrected chi connectivity index (χ0v) is 32.1. The van der Waals surface area contributed by atoms with Crippen LogP contribution in [0.3, 0.4) is 0 Å². The van der Waals surface area contributed by atoms with E-state index in [1.54, 1.807) is 6.08 Å². The molecule has 286 valence electrons. The number of allylic oxidation sites excluding steroid dienone is 1. The number of ether oxygens (including phenoxy) is 2. The van der Waals surface area contributed by atoms with Crippen LogP contribution in [0.25, 0.3) is 5.65 Å². The second-order valence-electron chi connectivity index (χ2n) is 15.8. The number of piperidine rings is 1. The van der Waals surface area contributed by atoms with Crippen molar-refractivity contribution in [1.29, 1.82) is 0 Å². The van der Waals surface area contributed by atoms with E-state index in [9.17, 15) is 4.79 Å². The Bertz CT molecular complexity index is 1980. The molecule has 4 aromatic rings. The van der Waals surface area contributed by atoms with Gasteiger partial charge in [-0.25, -0.2) is 9.79 Å². The number of fused-ring (bicyclic) bond motifs is 2. The number of amidine groups is 1. The predicted molar refractivity (Wildman–Crippen MR) is 214 cm³/mol. The van der Waals surface area contributed by atoms with Crippen LogP contribution in [0.15, 0.2) is 83.6 Å². The van der Waals surface area contributed by atoms with Gasteiger partial charge in [-0.2, -0.15) is 0 Å². The van der Waals surface area contributed by atoms with Crippen LogP contribution in [0.4, 0.5) is 16.4 Å². The third-order valence-corrected chi connectivity index (χ3v) is 10.8. The number of nitrogens with one attached hydrogen (secondary N) is 2. The van der Waals surface area contributed by atoms with Crippen molar-refractivity contribution >= 4 is 29.1 Å². The molecule has 2 fully saturated rings. The van der Waals surface area contributed by atoms with Crippen LogP contribution in [-0.2, 0) is 0 Å². The number of amides is 2. The highest BCUT2D eigenvalue weighted by molar-refractivity contribution is 6.05. The van der Waals surface area contributed by atoms with Gasteiger partial charge < -0.3 is 25.4 Å². The summed E-state index contributed by atoms with van der Waals surface area (Å²) in [7, 11) is 0. The highest BCUT2D eigenvalue weighted by Crippen LogP contribution is 2.39. The largest absolute Gasteiger partial charge is 0.492 e. The Morgan fingerprint density at radius 2 is 1.74 bits per heavy atom. The molecule has 2 saturated heterocycles. The van der Waals surface area contributed by atoms with E-state index in [2.05, 4.69) is 49.7 Å². The number of nitrogens with zero attached hydrogens (tertiary/aromatic N) is 6. The van der Waals surface area contributed by atoms with E-state index in [0.717, 1.165) is 79.7 Å².